The zero-order chi connectivity index (χ0) is 14.4. The Hall–Kier alpha value is -1.78. The lowest BCUT2D eigenvalue weighted by molar-refractivity contribution is 0.883. The van der Waals surface area contributed by atoms with Gasteiger partial charge in [-0.3, -0.25) is 0 Å². The third kappa shape index (κ3) is 2.15. The fourth-order valence-corrected chi connectivity index (χ4v) is 3.71. The maximum Gasteiger partial charge on any atom is 0.133 e. The predicted octanol–water partition coefficient (Wildman–Crippen LogP) is 4.53. The van der Waals surface area contributed by atoms with E-state index < -0.39 is 0 Å². The van der Waals surface area contributed by atoms with Crippen LogP contribution in [0.25, 0.3) is 16.3 Å². The molecule has 106 valence electrons. The van der Waals surface area contributed by atoms with Gasteiger partial charge < -0.3 is 5.32 Å². The van der Waals surface area contributed by atoms with E-state index in [2.05, 4.69) is 24.4 Å². The molecule has 0 fully saturated rings. The zero-order valence-electron chi connectivity index (χ0n) is 11.6. The van der Waals surface area contributed by atoms with Gasteiger partial charge in [0, 0.05) is 22.0 Å². The molecule has 0 saturated heterocycles. The second-order valence-corrected chi connectivity index (χ2v) is 6.88. The Morgan fingerprint density at radius 1 is 1.19 bits per heavy atom. The van der Waals surface area contributed by atoms with Gasteiger partial charge in [-0.2, -0.15) is 5.10 Å². The Morgan fingerprint density at radius 3 is 2.71 bits per heavy atom. The molecule has 0 radical (unpaired) electrons. The summed E-state index contributed by atoms with van der Waals surface area (Å²) in [6, 6.07) is 12.1. The normalized spacial score (nSPS) is 13.2. The average molecular weight is 316 g/mol. The summed E-state index contributed by atoms with van der Waals surface area (Å²) in [5.74, 6) is 1.11. The summed E-state index contributed by atoms with van der Waals surface area (Å²) < 4.78 is 1.99. The van der Waals surface area contributed by atoms with Gasteiger partial charge >= 0.3 is 0 Å². The van der Waals surface area contributed by atoms with Gasteiger partial charge in [0.15, 0.2) is 0 Å². The van der Waals surface area contributed by atoms with Crippen molar-refractivity contribution < 1.29 is 0 Å². The molecule has 0 atom stereocenters. The summed E-state index contributed by atoms with van der Waals surface area (Å²) >= 11 is 7.77. The summed E-state index contributed by atoms with van der Waals surface area (Å²) in [5.41, 5.74) is 3.44. The molecule has 1 N–H and O–H groups in total. The van der Waals surface area contributed by atoms with Crippen LogP contribution in [0.2, 0.25) is 5.02 Å². The second-order valence-electron chi connectivity index (χ2n) is 5.15. The molecule has 0 saturated carbocycles. The van der Waals surface area contributed by atoms with Crippen molar-refractivity contribution in [3.05, 3.63) is 51.9 Å². The summed E-state index contributed by atoms with van der Waals surface area (Å²) in [4.78, 5) is 2.55. The van der Waals surface area contributed by atoms with Crippen LogP contribution in [0.3, 0.4) is 0 Å². The van der Waals surface area contributed by atoms with E-state index in [1.807, 2.05) is 28.9 Å². The number of aryl methyl sites for hydroxylation is 1. The number of nitrogens with zero attached hydrogens (tertiary/aromatic N) is 2. The first kappa shape index (κ1) is 12.9. The van der Waals surface area contributed by atoms with Crippen LogP contribution in [0.5, 0.6) is 0 Å². The number of thiophene rings is 1. The molecule has 3 heterocycles. The molecule has 1 aliphatic heterocycles. The van der Waals surface area contributed by atoms with Gasteiger partial charge in [-0.15, -0.1) is 11.3 Å². The van der Waals surface area contributed by atoms with Gasteiger partial charge in [-0.05, 0) is 49.7 Å². The maximum absolute atomic E-state index is 5.98. The van der Waals surface area contributed by atoms with E-state index in [1.165, 1.54) is 15.3 Å². The van der Waals surface area contributed by atoms with E-state index in [1.54, 1.807) is 11.3 Å². The van der Waals surface area contributed by atoms with Crippen LogP contribution < -0.4 is 5.32 Å². The van der Waals surface area contributed by atoms with Crippen molar-refractivity contribution in [3.63, 3.8) is 0 Å². The van der Waals surface area contributed by atoms with Crippen molar-refractivity contribution >= 4 is 28.8 Å². The van der Waals surface area contributed by atoms with Crippen LogP contribution in [0.15, 0.2) is 36.4 Å². The van der Waals surface area contributed by atoms with E-state index in [-0.39, 0.29) is 0 Å². The third-order valence-electron chi connectivity index (χ3n) is 3.70. The molecule has 1 aliphatic rings. The standard InChI is InChI=1S/C16H14ClN3S/c1-10-2-7-14(21-10)15-13-8-9-18-16(13)20(19-15)12-5-3-11(17)4-6-12/h2-7,18H,8-9H2,1H3. The van der Waals surface area contributed by atoms with Gasteiger partial charge in [-0.25, -0.2) is 4.68 Å². The molecule has 0 unspecified atom stereocenters. The first-order chi connectivity index (χ1) is 10.2. The van der Waals surface area contributed by atoms with Crippen molar-refractivity contribution in [2.24, 2.45) is 0 Å². The van der Waals surface area contributed by atoms with Crippen molar-refractivity contribution in [3.8, 4) is 16.3 Å². The van der Waals surface area contributed by atoms with Crippen LogP contribution in [-0.4, -0.2) is 16.3 Å². The average Bonchev–Trinajstić information content (AvgIpc) is 3.15. The lowest BCUT2D eigenvalue weighted by Gasteiger charge is -2.06. The zero-order valence-corrected chi connectivity index (χ0v) is 13.1. The number of rotatable bonds is 2. The SMILES string of the molecule is Cc1ccc(-c2nn(-c3ccc(Cl)cc3)c3c2CCN3)s1. The molecule has 0 spiro atoms. The Kier molecular flexibility index (Phi) is 3.01. The number of halogens is 1. The lowest BCUT2D eigenvalue weighted by Crippen LogP contribution is -2.03. The van der Waals surface area contributed by atoms with Crippen LogP contribution in [0, 0.1) is 6.92 Å². The van der Waals surface area contributed by atoms with E-state index >= 15 is 0 Å². The molecule has 2 aromatic heterocycles. The number of hydrogen-bond donors (Lipinski definition) is 1. The predicted molar refractivity (Wildman–Crippen MR) is 88.8 cm³/mol. The summed E-state index contributed by atoms with van der Waals surface area (Å²) in [5, 5.41) is 9.03. The first-order valence-corrected chi connectivity index (χ1v) is 8.10. The summed E-state index contributed by atoms with van der Waals surface area (Å²) in [6.07, 6.45) is 1.02. The van der Waals surface area contributed by atoms with Gasteiger partial charge in [0.2, 0.25) is 0 Å². The van der Waals surface area contributed by atoms with Crippen molar-refractivity contribution in [2.75, 3.05) is 11.9 Å². The highest BCUT2D eigenvalue weighted by molar-refractivity contribution is 7.15. The summed E-state index contributed by atoms with van der Waals surface area (Å²) in [7, 11) is 0. The Balaban J connectivity index is 1.88. The molecular formula is C16H14ClN3S. The molecule has 21 heavy (non-hydrogen) atoms. The quantitative estimate of drug-likeness (QED) is 0.753. The largest absolute Gasteiger partial charge is 0.369 e. The minimum atomic E-state index is 0.740. The van der Waals surface area contributed by atoms with E-state index in [0.717, 1.165) is 35.2 Å². The summed E-state index contributed by atoms with van der Waals surface area (Å²) in [6.45, 7) is 3.10. The maximum atomic E-state index is 5.98. The highest BCUT2D eigenvalue weighted by Crippen LogP contribution is 2.37. The molecule has 1 aromatic carbocycles. The minimum Gasteiger partial charge on any atom is -0.369 e. The lowest BCUT2D eigenvalue weighted by atomic mass is 10.2. The Bertz CT molecular complexity index is 802. The second kappa shape index (κ2) is 4.90. The van der Waals surface area contributed by atoms with Gasteiger partial charge in [0.1, 0.15) is 11.5 Å². The topological polar surface area (TPSA) is 29.9 Å². The van der Waals surface area contributed by atoms with E-state index in [9.17, 15) is 0 Å². The molecular weight excluding hydrogens is 302 g/mol. The van der Waals surface area contributed by atoms with Crippen LogP contribution in [-0.2, 0) is 6.42 Å². The molecule has 3 aromatic rings. The van der Waals surface area contributed by atoms with Gasteiger partial charge in [0.05, 0.1) is 10.6 Å². The third-order valence-corrected chi connectivity index (χ3v) is 4.96. The number of hydrogen-bond acceptors (Lipinski definition) is 3. The number of aromatic nitrogens is 2. The number of fused-ring (bicyclic) bond motifs is 1. The fourth-order valence-electron chi connectivity index (χ4n) is 2.70. The molecule has 0 bridgehead atoms. The number of nitrogens with one attached hydrogen (secondary N) is 1. The molecule has 0 amide bonds. The Labute approximate surface area is 132 Å². The molecule has 5 heteroatoms. The number of benzene rings is 1. The van der Waals surface area contributed by atoms with E-state index in [4.69, 9.17) is 16.7 Å². The van der Waals surface area contributed by atoms with Crippen molar-refractivity contribution in [1.29, 1.82) is 0 Å². The number of anilines is 1. The molecule has 3 nitrogen and oxygen atoms in total. The highest BCUT2D eigenvalue weighted by Gasteiger charge is 2.24. The van der Waals surface area contributed by atoms with Crippen molar-refractivity contribution in [1.82, 2.24) is 9.78 Å². The first-order valence-electron chi connectivity index (χ1n) is 6.91. The van der Waals surface area contributed by atoms with Crippen LogP contribution >= 0.6 is 22.9 Å². The van der Waals surface area contributed by atoms with Gasteiger partial charge in [0.25, 0.3) is 0 Å². The molecule has 4 rings (SSSR count). The monoisotopic (exact) mass is 315 g/mol. The highest BCUT2D eigenvalue weighted by atomic mass is 35.5. The van der Waals surface area contributed by atoms with Gasteiger partial charge in [-0.1, -0.05) is 11.6 Å². The Morgan fingerprint density at radius 2 is 2.00 bits per heavy atom. The minimum absolute atomic E-state index is 0.740. The smallest absolute Gasteiger partial charge is 0.133 e. The van der Waals surface area contributed by atoms with Crippen LogP contribution in [0.1, 0.15) is 10.4 Å². The molecule has 0 aliphatic carbocycles. The fraction of sp³-hybridized carbons (Fsp3) is 0.188. The van der Waals surface area contributed by atoms with Crippen molar-refractivity contribution in [2.45, 2.75) is 13.3 Å². The van der Waals surface area contributed by atoms with E-state index in [0.29, 0.717) is 0 Å². The van der Waals surface area contributed by atoms with Crippen LogP contribution in [0.4, 0.5) is 5.82 Å².